The molecule has 6 heteroatoms. The summed E-state index contributed by atoms with van der Waals surface area (Å²) >= 11 is 0. The van der Waals surface area contributed by atoms with Gasteiger partial charge in [0.2, 0.25) is 11.8 Å². The molecule has 2 fully saturated rings. The van der Waals surface area contributed by atoms with Gasteiger partial charge < -0.3 is 14.4 Å². The van der Waals surface area contributed by atoms with Crippen LogP contribution in [-0.2, 0) is 22.7 Å². The third kappa shape index (κ3) is 5.33. The first kappa shape index (κ1) is 25.4. The molecular formula is C33H36N4O2. The van der Waals surface area contributed by atoms with Crippen LogP contribution >= 0.6 is 0 Å². The number of aryl methyl sites for hydroxylation is 1. The summed E-state index contributed by atoms with van der Waals surface area (Å²) in [6.45, 7) is 3.46. The zero-order valence-corrected chi connectivity index (χ0v) is 22.6. The van der Waals surface area contributed by atoms with Gasteiger partial charge in [0.05, 0.1) is 11.0 Å². The number of benzene rings is 3. The Bertz CT molecular complexity index is 1450. The van der Waals surface area contributed by atoms with E-state index >= 15 is 0 Å². The highest BCUT2D eigenvalue weighted by Gasteiger charge is 2.36. The molecule has 4 aromatic rings. The molecule has 3 aromatic carbocycles. The van der Waals surface area contributed by atoms with Crippen LogP contribution in [0.2, 0.25) is 0 Å². The molecule has 200 valence electrons. The fourth-order valence-corrected chi connectivity index (χ4v) is 6.25. The largest absolute Gasteiger partial charge is 0.334 e. The van der Waals surface area contributed by atoms with Gasteiger partial charge in [-0.3, -0.25) is 9.59 Å². The van der Waals surface area contributed by atoms with Crippen molar-refractivity contribution in [2.45, 2.75) is 70.5 Å². The van der Waals surface area contributed by atoms with E-state index in [9.17, 15) is 9.59 Å². The van der Waals surface area contributed by atoms with Crippen LogP contribution in [0.3, 0.4) is 0 Å². The van der Waals surface area contributed by atoms with Gasteiger partial charge in [0.25, 0.3) is 0 Å². The zero-order chi connectivity index (χ0) is 26.8. The number of amides is 2. The second-order valence-electron chi connectivity index (χ2n) is 11.1. The molecule has 1 aliphatic carbocycles. The maximum absolute atomic E-state index is 14.1. The lowest BCUT2D eigenvalue weighted by molar-refractivity contribution is -0.135. The Balaban J connectivity index is 1.31. The predicted octanol–water partition coefficient (Wildman–Crippen LogP) is 6.23. The molecule has 0 N–H and O–H groups in total. The smallest absolute Gasteiger partial charge is 0.243 e. The van der Waals surface area contributed by atoms with Gasteiger partial charge in [-0.25, -0.2) is 4.98 Å². The van der Waals surface area contributed by atoms with Gasteiger partial charge in [0.15, 0.2) is 0 Å². The van der Waals surface area contributed by atoms with Crippen molar-refractivity contribution in [3.8, 4) is 0 Å². The molecule has 0 bridgehead atoms. The monoisotopic (exact) mass is 520 g/mol. The molecule has 6 nitrogen and oxygen atoms in total. The molecule has 6 rings (SSSR count). The molecule has 2 aliphatic rings. The SMILES string of the molecule is Cc1ccc(N2CC(c3nc4ccccc4n3CC(=O)N(Cc3ccccc3)C3CCCCC3)CC2=O)cc1. The van der Waals surface area contributed by atoms with Crippen molar-refractivity contribution in [2.24, 2.45) is 0 Å². The Morgan fingerprint density at radius 3 is 2.41 bits per heavy atom. The molecule has 2 heterocycles. The number of carbonyl (C=O) groups excluding carboxylic acids is 2. The van der Waals surface area contributed by atoms with E-state index in [1.165, 1.54) is 24.8 Å². The van der Waals surface area contributed by atoms with Crippen molar-refractivity contribution >= 4 is 28.5 Å². The molecule has 1 aromatic heterocycles. The average Bonchev–Trinajstić information content (AvgIpc) is 3.53. The maximum Gasteiger partial charge on any atom is 0.243 e. The van der Waals surface area contributed by atoms with Crippen molar-refractivity contribution < 1.29 is 9.59 Å². The summed E-state index contributed by atoms with van der Waals surface area (Å²) < 4.78 is 2.08. The van der Waals surface area contributed by atoms with Gasteiger partial charge in [-0.15, -0.1) is 0 Å². The molecular weight excluding hydrogens is 484 g/mol. The number of nitrogens with zero attached hydrogens (tertiary/aromatic N) is 4. The minimum absolute atomic E-state index is 0.0729. The average molecular weight is 521 g/mol. The van der Waals surface area contributed by atoms with E-state index in [1.54, 1.807) is 0 Å². The predicted molar refractivity (Wildman–Crippen MR) is 154 cm³/mol. The zero-order valence-electron chi connectivity index (χ0n) is 22.6. The number of para-hydroxylation sites is 2. The van der Waals surface area contributed by atoms with E-state index < -0.39 is 0 Å². The highest BCUT2D eigenvalue weighted by atomic mass is 16.2. The van der Waals surface area contributed by atoms with E-state index in [0.29, 0.717) is 19.5 Å². The van der Waals surface area contributed by atoms with E-state index in [1.807, 2.05) is 78.6 Å². The lowest BCUT2D eigenvalue weighted by Gasteiger charge is -2.35. The van der Waals surface area contributed by atoms with Crippen LogP contribution in [0.1, 0.15) is 61.4 Å². The Kier molecular flexibility index (Phi) is 7.18. The van der Waals surface area contributed by atoms with Crippen LogP contribution in [0.15, 0.2) is 78.9 Å². The van der Waals surface area contributed by atoms with E-state index in [-0.39, 0.29) is 30.3 Å². The molecule has 0 radical (unpaired) electrons. The lowest BCUT2D eigenvalue weighted by atomic mass is 9.93. The molecule has 0 spiro atoms. The molecule has 39 heavy (non-hydrogen) atoms. The van der Waals surface area contributed by atoms with Crippen molar-refractivity contribution in [1.29, 1.82) is 0 Å². The fourth-order valence-electron chi connectivity index (χ4n) is 6.25. The summed E-state index contributed by atoms with van der Waals surface area (Å²) in [5.41, 5.74) is 5.06. The first-order chi connectivity index (χ1) is 19.1. The minimum Gasteiger partial charge on any atom is -0.334 e. The third-order valence-electron chi connectivity index (χ3n) is 8.34. The Morgan fingerprint density at radius 2 is 1.64 bits per heavy atom. The van der Waals surface area contributed by atoms with Crippen molar-refractivity contribution in [1.82, 2.24) is 14.5 Å². The molecule has 1 atom stereocenters. The van der Waals surface area contributed by atoms with Crippen molar-refractivity contribution in [3.63, 3.8) is 0 Å². The van der Waals surface area contributed by atoms with Gasteiger partial charge in [-0.05, 0) is 49.6 Å². The Morgan fingerprint density at radius 1 is 0.923 bits per heavy atom. The maximum atomic E-state index is 14.1. The van der Waals surface area contributed by atoms with E-state index in [0.717, 1.165) is 41.0 Å². The number of fused-ring (bicyclic) bond motifs is 1. The molecule has 1 saturated heterocycles. The van der Waals surface area contributed by atoms with E-state index in [2.05, 4.69) is 21.6 Å². The van der Waals surface area contributed by atoms with E-state index in [4.69, 9.17) is 4.98 Å². The highest BCUT2D eigenvalue weighted by Crippen LogP contribution is 2.34. The number of anilines is 1. The lowest BCUT2D eigenvalue weighted by Crippen LogP contribution is -2.42. The normalized spacial score (nSPS) is 18.1. The van der Waals surface area contributed by atoms with Crippen LogP contribution in [0, 0.1) is 6.92 Å². The van der Waals surface area contributed by atoms with Crippen LogP contribution < -0.4 is 4.90 Å². The standard InChI is InChI=1S/C33H36N4O2/c1-24-16-18-28(19-17-24)36-22-26(20-31(36)38)33-34-29-14-8-9-15-30(29)37(33)23-32(39)35(27-12-6-3-7-13-27)21-25-10-4-2-5-11-25/h2,4-5,8-11,14-19,26-27H,3,6-7,12-13,20-23H2,1H3. The number of hydrogen-bond donors (Lipinski definition) is 0. The van der Waals surface area contributed by atoms with Gasteiger partial charge in [0.1, 0.15) is 12.4 Å². The summed E-state index contributed by atoms with van der Waals surface area (Å²) in [5, 5.41) is 0. The first-order valence-corrected chi connectivity index (χ1v) is 14.2. The topological polar surface area (TPSA) is 58.4 Å². The summed E-state index contributed by atoms with van der Waals surface area (Å²) in [6.07, 6.45) is 6.08. The third-order valence-corrected chi connectivity index (χ3v) is 8.34. The van der Waals surface area contributed by atoms with Gasteiger partial charge in [0, 0.05) is 37.2 Å². The van der Waals surface area contributed by atoms with Crippen LogP contribution in [0.25, 0.3) is 11.0 Å². The number of carbonyl (C=O) groups is 2. The molecule has 2 amide bonds. The van der Waals surface area contributed by atoms with Crippen LogP contribution in [0.5, 0.6) is 0 Å². The number of imidazole rings is 1. The summed E-state index contributed by atoms with van der Waals surface area (Å²) in [6, 6.07) is 26.7. The highest BCUT2D eigenvalue weighted by molar-refractivity contribution is 5.96. The minimum atomic E-state index is -0.0729. The van der Waals surface area contributed by atoms with Gasteiger partial charge in [-0.1, -0.05) is 79.4 Å². The van der Waals surface area contributed by atoms with Crippen LogP contribution in [-0.4, -0.2) is 38.9 Å². The van der Waals surface area contributed by atoms with Crippen LogP contribution in [0.4, 0.5) is 5.69 Å². The second-order valence-corrected chi connectivity index (χ2v) is 11.1. The van der Waals surface area contributed by atoms with Gasteiger partial charge in [-0.2, -0.15) is 0 Å². The van der Waals surface area contributed by atoms with Crippen molar-refractivity contribution in [3.05, 3.63) is 95.8 Å². The Hall–Kier alpha value is -3.93. The first-order valence-electron chi connectivity index (χ1n) is 14.2. The van der Waals surface area contributed by atoms with Gasteiger partial charge >= 0.3 is 0 Å². The number of aromatic nitrogens is 2. The number of hydrogen-bond acceptors (Lipinski definition) is 3. The second kappa shape index (κ2) is 11.0. The summed E-state index contributed by atoms with van der Waals surface area (Å²) in [5.74, 6) is 0.976. The molecule has 1 aliphatic heterocycles. The van der Waals surface area contributed by atoms with Crippen molar-refractivity contribution in [2.75, 3.05) is 11.4 Å². The summed E-state index contributed by atoms with van der Waals surface area (Å²) in [7, 11) is 0. The quantitative estimate of drug-likeness (QED) is 0.290. The molecule has 1 unspecified atom stereocenters. The molecule has 1 saturated carbocycles. The fraction of sp³-hybridized carbons (Fsp3) is 0.364. The Labute approximate surface area is 230 Å². The summed E-state index contributed by atoms with van der Waals surface area (Å²) in [4.78, 5) is 36.2. The number of rotatable bonds is 7.